The summed E-state index contributed by atoms with van der Waals surface area (Å²) in [4.78, 5) is 45.9. The number of likely N-dealkylation sites (N-methyl/N-ethyl adjacent to an activating group) is 1. The molecule has 4 rings (SSSR count). The molecule has 7 nitrogen and oxygen atoms in total. The number of allylic oxidation sites excluding steroid dienone is 2. The Labute approximate surface area is 225 Å². The molecule has 0 saturated carbocycles. The van der Waals surface area contributed by atoms with Gasteiger partial charge in [0.25, 0.3) is 5.91 Å². The number of fused-ring (bicyclic) bond motifs is 1. The number of hydrogen-bond donors (Lipinski definition) is 2. The van der Waals surface area contributed by atoms with Crippen molar-refractivity contribution in [1.82, 2.24) is 5.32 Å². The second-order valence-corrected chi connectivity index (χ2v) is 10.5. The van der Waals surface area contributed by atoms with Gasteiger partial charge in [-0.25, -0.2) is 4.99 Å². The quantitative estimate of drug-likeness (QED) is 0.507. The fraction of sp³-hybridized carbons (Fsp3) is 0.379. The summed E-state index contributed by atoms with van der Waals surface area (Å²) in [6.07, 6.45) is -1.23. The number of nitrogens with one attached hydrogen (secondary N) is 1. The summed E-state index contributed by atoms with van der Waals surface area (Å²) in [6.45, 7) is 3.86. The molecular formula is C29H31F3N4O3. The van der Waals surface area contributed by atoms with Gasteiger partial charge in [0.05, 0.1) is 28.3 Å². The number of benzene rings is 2. The predicted molar refractivity (Wildman–Crippen MR) is 142 cm³/mol. The number of nitrogens with two attached hydrogens (primary N) is 1. The van der Waals surface area contributed by atoms with Crippen LogP contribution in [0.2, 0.25) is 0 Å². The van der Waals surface area contributed by atoms with Crippen molar-refractivity contribution in [2.45, 2.75) is 45.5 Å². The maximum atomic E-state index is 13.8. The van der Waals surface area contributed by atoms with E-state index in [-0.39, 0.29) is 11.6 Å². The van der Waals surface area contributed by atoms with Crippen LogP contribution in [-0.2, 0) is 20.6 Å². The molecule has 0 spiro atoms. The SMILES string of the molecule is CC(C)C[C@@H](C(=O)NC1N=C(c2ccc(C(F)(F)F)cc2)c2ccccc2N(C)C1=O)C1(C(N)=O)CC=CC1. The highest BCUT2D eigenvalue weighted by molar-refractivity contribution is 6.20. The minimum Gasteiger partial charge on any atom is -0.369 e. The maximum Gasteiger partial charge on any atom is 0.416 e. The lowest BCUT2D eigenvalue weighted by atomic mass is 9.69. The molecule has 3 amide bonds. The molecular weight excluding hydrogens is 509 g/mol. The first-order valence-electron chi connectivity index (χ1n) is 12.7. The van der Waals surface area contributed by atoms with E-state index in [2.05, 4.69) is 10.3 Å². The molecule has 0 fully saturated rings. The topological polar surface area (TPSA) is 105 Å². The molecule has 2 aromatic rings. The summed E-state index contributed by atoms with van der Waals surface area (Å²) < 4.78 is 39.6. The molecule has 0 saturated heterocycles. The van der Waals surface area contributed by atoms with Gasteiger partial charge < -0.3 is 16.0 Å². The summed E-state index contributed by atoms with van der Waals surface area (Å²) in [5.74, 6) is -2.39. The number of aliphatic imine (C=N–C) groups is 1. The number of nitrogens with zero attached hydrogens (tertiary/aromatic N) is 2. The van der Waals surface area contributed by atoms with Gasteiger partial charge in [-0.15, -0.1) is 0 Å². The van der Waals surface area contributed by atoms with E-state index >= 15 is 0 Å². The summed E-state index contributed by atoms with van der Waals surface area (Å²) in [6, 6.07) is 11.4. The minimum atomic E-state index is -4.51. The lowest BCUT2D eigenvalue weighted by molar-refractivity contribution is -0.141. The van der Waals surface area contributed by atoms with Crippen molar-refractivity contribution in [3.63, 3.8) is 0 Å². The monoisotopic (exact) mass is 540 g/mol. The first-order chi connectivity index (χ1) is 18.3. The first-order valence-corrected chi connectivity index (χ1v) is 12.7. The maximum absolute atomic E-state index is 13.8. The Bertz CT molecular complexity index is 1320. The number of anilines is 1. The fourth-order valence-corrected chi connectivity index (χ4v) is 5.28. The van der Waals surface area contributed by atoms with Crippen LogP contribution in [0.3, 0.4) is 0 Å². The average Bonchev–Trinajstić information content (AvgIpc) is 3.36. The van der Waals surface area contributed by atoms with Crippen molar-refractivity contribution >= 4 is 29.1 Å². The number of carbonyl (C=O) groups is 3. The van der Waals surface area contributed by atoms with E-state index in [9.17, 15) is 27.6 Å². The Kier molecular flexibility index (Phi) is 7.68. The minimum absolute atomic E-state index is 0.0561. The van der Waals surface area contributed by atoms with Gasteiger partial charge in [0, 0.05) is 18.2 Å². The van der Waals surface area contributed by atoms with Crippen LogP contribution >= 0.6 is 0 Å². The van der Waals surface area contributed by atoms with Crippen LogP contribution < -0.4 is 16.0 Å². The lowest BCUT2D eigenvalue weighted by Gasteiger charge is -2.35. The third-order valence-corrected chi connectivity index (χ3v) is 7.42. The van der Waals surface area contributed by atoms with Gasteiger partial charge in [-0.3, -0.25) is 14.4 Å². The van der Waals surface area contributed by atoms with Crippen LogP contribution in [0.4, 0.5) is 18.9 Å². The van der Waals surface area contributed by atoms with Crippen LogP contribution in [0.1, 0.15) is 49.8 Å². The first kappa shape index (κ1) is 28.1. The fourth-order valence-electron chi connectivity index (χ4n) is 5.28. The van der Waals surface area contributed by atoms with Crippen molar-refractivity contribution in [2.75, 3.05) is 11.9 Å². The van der Waals surface area contributed by atoms with Gasteiger partial charge in [0.2, 0.25) is 18.0 Å². The Morgan fingerprint density at radius 3 is 2.28 bits per heavy atom. The number of carbonyl (C=O) groups excluding carboxylic acids is 3. The van der Waals surface area contributed by atoms with Crippen LogP contribution in [0.25, 0.3) is 0 Å². The number of halogens is 3. The van der Waals surface area contributed by atoms with Crippen molar-refractivity contribution in [2.24, 2.45) is 28.0 Å². The molecule has 2 aromatic carbocycles. The zero-order valence-corrected chi connectivity index (χ0v) is 22.0. The van der Waals surface area contributed by atoms with Crippen LogP contribution in [0, 0.1) is 17.3 Å². The molecule has 206 valence electrons. The normalized spacial score (nSPS) is 19.4. The molecule has 1 aliphatic heterocycles. The smallest absolute Gasteiger partial charge is 0.369 e. The number of amides is 3. The largest absolute Gasteiger partial charge is 0.416 e. The molecule has 1 heterocycles. The molecule has 3 N–H and O–H groups in total. The van der Waals surface area contributed by atoms with Crippen molar-refractivity contribution < 1.29 is 27.6 Å². The highest BCUT2D eigenvalue weighted by Crippen LogP contribution is 2.43. The number of para-hydroxylation sites is 1. The number of benzodiazepines with no additional fused rings is 1. The van der Waals surface area contributed by atoms with E-state index in [0.29, 0.717) is 36.1 Å². The number of primary amides is 1. The highest BCUT2D eigenvalue weighted by atomic mass is 19.4. The van der Waals surface area contributed by atoms with Crippen LogP contribution in [0.15, 0.2) is 65.7 Å². The van der Waals surface area contributed by atoms with E-state index in [1.54, 1.807) is 31.3 Å². The average molecular weight is 541 g/mol. The zero-order valence-electron chi connectivity index (χ0n) is 22.0. The molecule has 0 aromatic heterocycles. The molecule has 1 unspecified atom stereocenters. The Morgan fingerprint density at radius 1 is 1.10 bits per heavy atom. The number of rotatable bonds is 7. The zero-order chi connectivity index (χ0) is 28.5. The van der Waals surface area contributed by atoms with E-state index in [4.69, 9.17) is 5.73 Å². The second kappa shape index (κ2) is 10.7. The molecule has 2 aliphatic rings. The predicted octanol–water partition coefficient (Wildman–Crippen LogP) is 4.45. The molecule has 0 radical (unpaired) electrons. The molecule has 1 aliphatic carbocycles. The third-order valence-electron chi connectivity index (χ3n) is 7.42. The van der Waals surface area contributed by atoms with Crippen LogP contribution in [-0.4, -0.2) is 36.6 Å². The van der Waals surface area contributed by atoms with Crippen molar-refractivity contribution in [3.05, 3.63) is 77.4 Å². The van der Waals surface area contributed by atoms with Gasteiger partial charge in [0.15, 0.2) is 0 Å². The van der Waals surface area contributed by atoms with Gasteiger partial charge in [-0.1, -0.05) is 56.3 Å². The number of hydrogen-bond acceptors (Lipinski definition) is 4. The summed E-state index contributed by atoms with van der Waals surface area (Å²) >= 11 is 0. The summed E-state index contributed by atoms with van der Waals surface area (Å²) in [5, 5.41) is 2.74. The van der Waals surface area contributed by atoms with E-state index < -0.39 is 47.0 Å². The molecule has 10 heteroatoms. The van der Waals surface area contributed by atoms with Gasteiger partial charge in [-0.2, -0.15) is 13.2 Å². The van der Waals surface area contributed by atoms with Gasteiger partial charge in [0.1, 0.15) is 0 Å². The number of alkyl halides is 3. The lowest BCUT2D eigenvalue weighted by Crippen LogP contribution is -2.53. The van der Waals surface area contributed by atoms with Crippen molar-refractivity contribution in [3.8, 4) is 0 Å². The summed E-state index contributed by atoms with van der Waals surface area (Å²) in [7, 11) is 1.54. The summed E-state index contributed by atoms with van der Waals surface area (Å²) in [5.41, 5.74) is 5.51. The molecule has 39 heavy (non-hydrogen) atoms. The van der Waals surface area contributed by atoms with Crippen molar-refractivity contribution in [1.29, 1.82) is 0 Å². The Morgan fingerprint density at radius 2 is 1.72 bits per heavy atom. The second-order valence-electron chi connectivity index (χ2n) is 10.5. The van der Waals surface area contributed by atoms with Crippen LogP contribution in [0.5, 0.6) is 0 Å². The van der Waals surface area contributed by atoms with E-state index in [0.717, 1.165) is 12.1 Å². The van der Waals surface area contributed by atoms with E-state index in [1.165, 1.54) is 17.0 Å². The van der Waals surface area contributed by atoms with E-state index in [1.807, 2.05) is 26.0 Å². The molecule has 2 atom stereocenters. The molecule has 0 bridgehead atoms. The highest BCUT2D eigenvalue weighted by Gasteiger charge is 2.49. The van der Waals surface area contributed by atoms with Gasteiger partial charge in [-0.05, 0) is 43.4 Å². The third kappa shape index (κ3) is 5.46. The Balaban J connectivity index is 1.76. The standard InChI is InChI=1S/C29H31F3N4O3/c1-17(2)16-21(28(27(33)39)14-6-7-15-28)25(37)35-24-26(38)36(3)22-9-5-4-8-20(22)23(34-24)18-10-12-19(13-11-18)29(30,31)32/h4-13,17,21,24H,14-16H2,1-3H3,(H2,33,39)(H,35,37)/t21-,24?/m0/s1. The van der Waals surface area contributed by atoms with Gasteiger partial charge >= 0.3 is 6.18 Å². The Hall–Kier alpha value is -3.95.